The molecule has 1 fully saturated rings. The van der Waals surface area contributed by atoms with Crippen LogP contribution in [-0.4, -0.2) is 42.0 Å². The molecule has 1 saturated heterocycles. The van der Waals surface area contributed by atoms with Crippen LogP contribution >= 0.6 is 11.8 Å². The van der Waals surface area contributed by atoms with Crippen LogP contribution in [0.15, 0.2) is 4.99 Å². The lowest BCUT2D eigenvalue weighted by molar-refractivity contribution is -0.144. The summed E-state index contributed by atoms with van der Waals surface area (Å²) < 4.78 is 4.71. The van der Waals surface area contributed by atoms with E-state index < -0.39 is 0 Å². The Kier molecular flexibility index (Phi) is 4.43. The molecule has 82 valence electrons. The van der Waals surface area contributed by atoms with Crippen LogP contribution in [0.2, 0.25) is 0 Å². The molecule has 0 radical (unpaired) electrons. The van der Waals surface area contributed by atoms with Crippen LogP contribution in [0.1, 0.15) is 12.8 Å². The number of hydrogen-bond acceptors (Lipinski definition) is 5. The van der Waals surface area contributed by atoms with E-state index in [4.69, 9.17) is 10.00 Å². The van der Waals surface area contributed by atoms with Crippen LogP contribution in [0.25, 0.3) is 0 Å². The van der Waals surface area contributed by atoms with Crippen LogP contribution < -0.4 is 0 Å². The Hall–Kier alpha value is -1.22. The van der Waals surface area contributed by atoms with Crippen molar-refractivity contribution in [2.45, 2.75) is 18.9 Å². The van der Waals surface area contributed by atoms with E-state index in [1.165, 1.54) is 18.9 Å². The van der Waals surface area contributed by atoms with Crippen molar-refractivity contribution < 1.29 is 9.53 Å². The van der Waals surface area contributed by atoms with Crippen molar-refractivity contribution in [3.05, 3.63) is 0 Å². The average Bonchev–Trinajstić information content (AvgIpc) is 2.73. The highest BCUT2D eigenvalue weighted by Crippen LogP contribution is 2.22. The van der Waals surface area contributed by atoms with Crippen molar-refractivity contribution in [2.24, 2.45) is 4.99 Å². The highest BCUT2D eigenvalue weighted by Gasteiger charge is 2.33. The lowest BCUT2D eigenvalue weighted by atomic mass is 10.2. The molecular weight excluding hydrogens is 214 g/mol. The number of hydrogen-bond donors (Lipinski definition) is 0. The van der Waals surface area contributed by atoms with Gasteiger partial charge in [0, 0.05) is 6.54 Å². The topological polar surface area (TPSA) is 65.7 Å². The number of esters is 1. The van der Waals surface area contributed by atoms with Crippen molar-refractivity contribution in [3.8, 4) is 6.19 Å². The molecular formula is C9H13N3O2S. The van der Waals surface area contributed by atoms with Crippen molar-refractivity contribution >= 4 is 22.9 Å². The van der Waals surface area contributed by atoms with Gasteiger partial charge >= 0.3 is 5.97 Å². The van der Waals surface area contributed by atoms with Gasteiger partial charge in [-0.1, -0.05) is 11.8 Å². The van der Waals surface area contributed by atoms with Crippen LogP contribution in [0.4, 0.5) is 0 Å². The third-order valence-electron chi connectivity index (χ3n) is 2.30. The van der Waals surface area contributed by atoms with E-state index in [0.29, 0.717) is 5.17 Å². The number of amidine groups is 1. The molecule has 1 aliphatic rings. The summed E-state index contributed by atoms with van der Waals surface area (Å²) in [6.07, 6.45) is 5.27. The maximum Gasteiger partial charge on any atom is 0.328 e. The number of aliphatic imine (C=N–C) groups is 1. The minimum atomic E-state index is -0.283. The largest absolute Gasteiger partial charge is 0.467 e. The van der Waals surface area contributed by atoms with Crippen LogP contribution in [0, 0.1) is 11.5 Å². The monoisotopic (exact) mass is 227 g/mol. The predicted octanol–water partition coefficient (Wildman–Crippen LogP) is 0.824. The molecule has 0 saturated carbocycles. The molecule has 0 spiro atoms. The number of nitriles is 1. The van der Waals surface area contributed by atoms with E-state index in [0.717, 1.165) is 19.4 Å². The van der Waals surface area contributed by atoms with Crippen molar-refractivity contribution in [1.29, 1.82) is 5.26 Å². The fourth-order valence-electron chi connectivity index (χ4n) is 1.65. The first-order chi connectivity index (χ1) is 7.24. The summed E-state index contributed by atoms with van der Waals surface area (Å²) in [7, 11) is 1.37. The summed E-state index contributed by atoms with van der Waals surface area (Å²) in [5.74, 6) is -0.257. The number of nitrogens with zero attached hydrogens (tertiary/aromatic N) is 3. The first-order valence-corrected chi connectivity index (χ1v) is 5.82. The Morgan fingerprint density at radius 3 is 3.00 bits per heavy atom. The van der Waals surface area contributed by atoms with Gasteiger partial charge in [0.05, 0.1) is 7.11 Å². The van der Waals surface area contributed by atoms with Crippen molar-refractivity contribution in [1.82, 2.24) is 4.90 Å². The van der Waals surface area contributed by atoms with Crippen LogP contribution in [0.5, 0.6) is 0 Å². The molecule has 15 heavy (non-hydrogen) atoms. The van der Waals surface area contributed by atoms with Crippen molar-refractivity contribution in [2.75, 3.05) is 19.9 Å². The molecule has 0 aromatic heterocycles. The van der Waals surface area contributed by atoms with Gasteiger partial charge in [-0.05, 0) is 19.1 Å². The second-order valence-electron chi connectivity index (χ2n) is 3.07. The van der Waals surface area contributed by atoms with Gasteiger partial charge in [0.1, 0.15) is 6.04 Å². The second-order valence-corrected chi connectivity index (χ2v) is 3.85. The van der Waals surface area contributed by atoms with Gasteiger partial charge in [0.25, 0.3) is 0 Å². The first-order valence-electron chi connectivity index (χ1n) is 4.59. The Labute approximate surface area is 93.1 Å². The number of thioether (sulfide) groups is 1. The third kappa shape index (κ3) is 2.63. The lowest BCUT2D eigenvalue weighted by Crippen LogP contribution is -2.39. The lowest BCUT2D eigenvalue weighted by Gasteiger charge is -2.23. The van der Waals surface area contributed by atoms with Gasteiger partial charge < -0.3 is 9.64 Å². The summed E-state index contributed by atoms with van der Waals surface area (Å²) >= 11 is 1.37. The molecule has 0 amide bonds. The molecule has 0 bridgehead atoms. The van der Waals surface area contributed by atoms with E-state index >= 15 is 0 Å². The summed E-state index contributed by atoms with van der Waals surface area (Å²) in [4.78, 5) is 17.0. The Morgan fingerprint density at radius 2 is 2.47 bits per heavy atom. The van der Waals surface area contributed by atoms with E-state index in [1.54, 1.807) is 6.19 Å². The second kappa shape index (κ2) is 5.61. The van der Waals surface area contributed by atoms with Gasteiger partial charge in [0.15, 0.2) is 5.17 Å². The number of methoxy groups -OCH3 is 1. The van der Waals surface area contributed by atoms with Crippen LogP contribution in [-0.2, 0) is 9.53 Å². The van der Waals surface area contributed by atoms with Gasteiger partial charge in [-0.3, -0.25) is 0 Å². The number of carbonyl (C=O) groups excluding carboxylic acids is 1. The standard InChI is InChI=1S/C9H13N3O2S/c1-14-8(13)7-4-3-5-12(7)9(15-2)11-6-10/h7H,3-5H2,1-2H3. The van der Waals surface area contributed by atoms with E-state index in [9.17, 15) is 4.79 Å². The van der Waals surface area contributed by atoms with E-state index in [-0.39, 0.29) is 12.0 Å². The fourth-order valence-corrected chi connectivity index (χ4v) is 2.23. The Bertz CT molecular complexity index is 311. The van der Waals surface area contributed by atoms with Gasteiger partial charge in [-0.15, -0.1) is 4.99 Å². The Morgan fingerprint density at radius 1 is 1.73 bits per heavy atom. The maximum absolute atomic E-state index is 11.4. The molecule has 0 aromatic rings. The van der Waals surface area contributed by atoms with Gasteiger partial charge in [0.2, 0.25) is 6.19 Å². The molecule has 6 heteroatoms. The first kappa shape index (κ1) is 11.9. The number of likely N-dealkylation sites (tertiary alicyclic amines) is 1. The zero-order chi connectivity index (χ0) is 11.3. The minimum Gasteiger partial charge on any atom is -0.467 e. The van der Waals surface area contributed by atoms with Gasteiger partial charge in [-0.25, -0.2) is 4.79 Å². The molecule has 0 N–H and O–H groups in total. The summed E-state index contributed by atoms with van der Waals surface area (Å²) in [5.41, 5.74) is 0. The quantitative estimate of drug-likeness (QED) is 0.287. The van der Waals surface area contributed by atoms with Crippen LogP contribution in [0.3, 0.4) is 0 Å². The Balaban J connectivity index is 2.80. The third-order valence-corrected chi connectivity index (χ3v) is 2.99. The van der Waals surface area contributed by atoms with E-state index in [1.807, 2.05) is 11.2 Å². The number of rotatable bonds is 1. The maximum atomic E-state index is 11.4. The molecule has 0 aromatic carbocycles. The minimum absolute atomic E-state index is 0.257. The summed E-state index contributed by atoms with van der Waals surface area (Å²) in [6, 6.07) is -0.283. The normalized spacial score (nSPS) is 21.3. The van der Waals surface area contributed by atoms with Gasteiger partial charge in [-0.2, -0.15) is 5.26 Å². The predicted molar refractivity (Wildman–Crippen MR) is 58.3 cm³/mol. The summed E-state index contributed by atoms with van der Waals surface area (Å²) in [6.45, 7) is 0.751. The van der Waals surface area contributed by atoms with Crippen molar-refractivity contribution in [3.63, 3.8) is 0 Å². The fraction of sp³-hybridized carbons (Fsp3) is 0.667. The molecule has 1 aliphatic heterocycles. The zero-order valence-electron chi connectivity index (χ0n) is 8.77. The number of carbonyl (C=O) groups is 1. The molecule has 5 nitrogen and oxygen atoms in total. The molecule has 1 unspecified atom stereocenters. The highest BCUT2D eigenvalue weighted by molar-refractivity contribution is 8.13. The summed E-state index contributed by atoms with van der Waals surface area (Å²) in [5, 5.41) is 9.10. The molecule has 1 rings (SSSR count). The number of ether oxygens (including phenoxy) is 1. The average molecular weight is 227 g/mol. The molecule has 0 aliphatic carbocycles. The SMILES string of the molecule is COC(=O)C1CCCN1C(=NC#N)SC. The molecule has 1 atom stereocenters. The zero-order valence-corrected chi connectivity index (χ0v) is 9.58. The molecule has 1 heterocycles. The smallest absolute Gasteiger partial charge is 0.328 e. The highest BCUT2D eigenvalue weighted by atomic mass is 32.2. The van der Waals surface area contributed by atoms with E-state index in [2.05, 4.69) is 4.99 Å².